The van der Waals surface area contributed by atoms with Crippen molar-refractivity contribution in [3.63, 3.8) is 0 Å². The molecule has 1 atom stereocenters. The van der Waals surface area contributed by atoms with Crippen LogP contribution in [-0.4, -0.2) is 81.3 Å². The van der Waals surface area contributed by atoms with Gasteiger partial charge in [0.05, 0.1) is 16.6 Å². The van der Waals surface area contributed by atoms with Crippen molar-refractivity contribution >= 4 is 69.2 Å². The van der Waals surface area contributed by atoms with Gasteiger partial charge in [-0.05, 0) is 82.9 Å². The number of piperazine rings is 1. The number of rotatable bonds is 6. The number of anilines is 1. The van der Waals surface area contributed by atoms with Crippen LogP contribution in [0.15, 0.2) is 9.76 Å². The summed E-state index contributed by atoms with van der Waals surface area (Å²) in [7, 11) is -0.401. The highest BCUT2D eigenvalue weighted by Crippen LogP contribution is 2.40. The lowest BCUT2D eigenvalue weighted by Crippen LogP contribution is -2.56. The summed E-state index contributed by atoms with van der Waals surface area (Å²) in [6, 6.07) is -0.191. The zero-order valence-electron chi connectivity index (χ0n) is 26.3. The highest BCUT2D eigenvalue weighted by molar-refractivity contribution is 9.10. The highest BCUT2D eigenvalue weighted by Gasteiger charge is 2.51. The van der Waals surface area contributed by atoms with E-state index in [0.29, 0.717) is 59.1 Å². The summed E-state index contributed by atoms with van der Waals surface area (Å²) in [5.41, 5.74) is -1.41. The van der Waals surface area contributed by atoms with Crippen molar-refractivity contribution in [2.24, 2.45) is 0 Å². The Kier molecular flexibility index (Phi) is 11.4. The Bertz CT molecular complexity index is 1270. The van der Waals surface area contributed by atoms with Crippen LogP contribution in [0, 0.1) is 5.82 Å². The van der Waals surface area contributed by atoms with Gasteiger partial charge in [-0.1, -0.05) is 44.1 Å². The van der Waals surface area contributed by atoms with Crippen molar-refractivity contribution in [3.8, 4) is 0 Å². The van der Waals surface area contributed by atoms with Crippen LogP contribution in [0.4, 0.5) is 15.0 Å². The first-order chi connectivity index (χ1) is 19.5. The number of aromatic nitrogens is 3. The van der Waals surface area contributed by atoms with Crippen LogP contribution < -0.4 is 4.90 Å². The van der Waals surface area contributed by atoms with Crippen molar-refractivity contribution in [2.45, 2.75) is 110 Å². The number of nitrogens with zero attached hydrogens (tertiary/aromatic N) is 5. The molecule has 1 unspecified atom stereocenters. The standard InChI is InChI=1S/C26H37BBrClFN5O4S.C2H6/c1-9-40-22-31-18-16(19(28)32-20(29)17(18)30)21(33-22)35-13-12-34(23(36)37-24(2,3)4)14-15(35)10-11-27-38-25(5,6)26(7,8)39-27;1-2/h15H,9-14H2,1-8H3;1-2H3. The number of hydrogen-bond donors (Lipinski definition) is 0. The smallest absolute Gasteiger partial charge is 0.444 e. The first-order valence-corrected chi connectivity index (χ1v) is 16.6. The van der Waals surface area contributed by atoms with E-state index in [4.69, 9.17) is 30.6 Å². The largest absolute Gasteiger partial charge is 0.457 e. The van der Waals surface area contributed by atoms with E-state index >= 15 is 4.39 Å². The lowest BCUT2D eigenvalue weighted by molar-refractivity contribution is 0.00578. The Morgan fingerprint density at radius 3 is 2.36 bits per heavy atom. The maximum absolute atomic E-state index is 15.2. The molecule has 42 heavy (non-hydrogen) atoms. The predicted molar refractivity (Wildman–Crippen MR) is 172 cm³/mol. The number of fused-ring (bicyclic) bond motifs is 1. The third-order valence-electron chi connectivity index (χ3n) is 7.38. The maximum Gasteiger partial charge on any atom is 0.457 e. The summed E-state index contributed by atoms with van der Waals surface area (Å²) < 4.78 is 33.8. The van der Waals surface area contributed by atoms with Crippen molar-refractivity contribution < 1.29 is 23.2 Å². The molecule has 0 N–H and O–H groups in total. The second kappa shape index (κ2) is 13.7. The molecule has 1 amide bonds. The normalized spacial score (nSPS) is 20.0. The SMILES string of the molecule is CC.CCSc1nc(N2CCN(C(=O)OC(C)(C)C)CC2CCB2OC(C)(C)C(C)(C)O2)c2c(Br)nc(Cl)c(F)c2n1. The average molecular weight is 691 g/mol. The number of pyridine rings is 1. The third kappa shape index (κ3) is 7.81. The van der Waals surface area contributed by atoms with Gasteiger partial charge in [0.15, 0.2) is 16.1 Å². The molecule has 0 saturated carbocycles. The van der Waals surface area contributed by atoms with E-state index in [1.54, 1.807) is 4.90 Å². The third-order valence-corrected chi connectivity index (χ3v) is 8.93. The van der Waals surface area contributed by atoms with Gasteiger partial charge >= 0.3 is 13.2 Å². The van der Waals surface area contributed by atoms with Crippen LogP contribution in [0.5, 0.6) is 0 Å². The number of carbonyl (C=O) groups is 1. The van der Waals surface area contributed by atoms with Gasteiger partial charge in [0.2, 0.25) is 0 Å². The topological polar surface area (TPSA) is 89.9 Å². The van der Waals surface area contributed by atoms with Crippen molar-refractivity contribution in [2.75, 3.05) is 30.3 Å². The van der Waals surface area contributed by atoms with Gasteiger partial charge in [-0.25, -0.2) is 24.1 Å². The summed E-state index contributed by atoms with van der Waals surface area (Å²) in [6.07, 6.45) is 0.845. The molecule has 2 aromatic heterocycles. The molecule has 0 aliphatic carbocycles. The molecule has 4 heterocycles. The number of thioether (sulfide) groups is 1. The lowest BCUT2D eigenvalue weighted by Gasteiger charge is -2.43. The van der Waals surface area contributed by atoms with Gasteiger partial charge in [-0.15, -0.1) is 0 Å². The first-order valence-electron chi connectivity index (χ1n) is 14.5. The zero-order chi connectivity index (χ0) is 31.6. The first kappa shape index (κ1) is 35.1. The summed E-state index contributed by atoms with van der Waals surface area (Å²) >= 11 is 11.0. The number of hydrogen-bond acceptors (Lipinski definition) is 9. The van der Waals surface area contributed by atoms with Gasteiger partial charge in [-0.2, -0.15) is 0 Å². The van der Waals surface area contributed by atoms with E-state index in [9.17, 15) is 4.79 Å². The molecule has 9 nitrogen and oxygen atoms in total. The molecule has 4 rings (SSSR count). The molecular formula is C28H43BBrClFN5O4S. The minimum absolute atomic E-state index is 0.104. The van der Waals surface area contributed by atoms with Crippen LogP contribution in [0.3, 0.4) is 0 Å². The molecule has 2 aromatic rings. The van der Waals surface area contributed by atoms with E-state index in [1.807, 2.05) is 69.2 Å². The Morgan fingerprint density at radius 2 is 1.79 bits per heavy atom. The molecule has 2 aliphatic heterocycles. The second-order valence-corrected chi connectivity index (χ2v) is 14.4. The van der Waals surface area contributed by atoms with Gasteiger partial charge < -0.3 is 23.8 Å². The molecule has 234 valence electrons. The summed E-state index contributed by atoms with van der Waals surface area (Å²) in [4.78, 5) is 30.3. The monoisotopic (exact) mass is 689 g/mol. The maximum atomic E-state index is 15.2. The van der Waals surface area contributed by atoms with Crippen molar-refractivity contribution in [3.05, 3.63) is 15.6 Å². The van der Waals surface area contributed by atoms with Gasteiger partial charge in [0.1, 0.15) is 21.5 Å². The Hall–Kier alpha value is -1.41. The molecular weight excluding hydrogens is 648 g/mol. The molecule has 0 spiro atoms. The molecule has 2 saturated heterocycles. The van der Waals surface area contributed by atoms with E-state index < -0.39 is 29.7 Å². The van der Waals surface area contributed by atoms with Crippen LogP contribution in [0.25, 0.3) is 10.9 Å². The zero-order valence-corrected chi connectivity index (χ0v) is 29.5. The quantitative estimate of drug-likeness (QED) is 0.131. The number of amides is 1. The van der Waals surface area contributed by atoms with Crippen LogP contribution in [0.1, 0.15) is 75.7 Å². The highest BCUT2D eigenvalue weighted by atomic mass is 79.9. The van der Waals surface area contributed by atoms with Gasteiger partial charge in [0, 0.05) is 25.7 Å². The predicted octanol–water partition coefficient (Wildman–Crippen LogP) is 7.63. The lowest BCUT2D eigenvalue weighted by atomic mass is 9.81. The van der Waals surface area contributed by atoms with Crippen LogP contribution in [-0.2, 0) is 14.0 Å². The summed E-state index contributed by atoms with van der Waals surface area (Å²) in [5.74, 6) is 0.561. The number of carbonyl (C=O) groups excluding carboxylic acids is 1. The Labute approximate surface area is 267 Å². The molecule has 0 bridgehead atoms. The number of ether oxygens (including phenoxy) is 1. The fraction of sp³-hybridized carbons (Fsp3) is 0.714. The van der Waals surface area contributed by atoms with Crippen molar-refractivity contribution in [1.29, 1.82) is 0 Å². The molecule has 2 fully saturated rings. The molecule has 0 aromatic carbocycles. The minimum Gasteiger partial charge on any atom is -0.444 e. The Morgan fingerprint density at radius 1 is 1.17 bits per heavy atom. The molecule has 14 heteroatoms. The van der Waals surface area contributed by atoms with E-state index in [0.717, 1.165) is 0 Å². The van der Waals surface area contributed by atoms with Crippen LogP contribution in [0.2, 0.25) is 11.5 Å². The minimum atomic E-state index is -0.692. The Balaban J connectivity index is 0.00000237. The van der Waals surface area contributed by atoms with Gasteiger partial charge in [-0.3, -0.25) is 0 Å². The summed E-state index contributed by atoms with van der Waals surface area (Å²) in [5, 5.41) is 0.620. The molecule has 0 radical (unpaired) electrons. The average Bonchev–Trinajstić information content (AvgIpc) is 3.11. The fourth-order valence-electron chi connectivity index (χ4n) is 4.75. The number of halogens is 3. The van der Waals surface area contributed by atoms with Crippen LogP contribution >= 0.6 is 39.3 Å². The van der Waals surface area contributed by atoms with Gasteiger partial charge in [0.25, 0.3) is 0 Å². The molecule has 2 aliphatic rings. The van der Waals surface area contributed by atoms with E-state index in [2.05, 4.69) is 30.8 Å². The summed E-state index contributed by atoms with van der Waals surface area (Å²) in [6.45, 7) is 20.9. The van der Waals surface area contributed by atoms with E-state index in [-0.39, 0.29) is 22.8 Å². The second-order valence-electron chi connectivity index (χ2n) is 12.0. The van der Waals surface area contributed by atoms with Crippen molar-refractivity contribution in [1.82, 2.24) is 19.9 Å². The fourth-order valence-corrected chi connectivity index (χ4v) is 6.14. The van der Waals surface area contributed by atoms with E-state index in [1.165, 1.54) is 11.8 Å².